The largest absolute Gasteiger partial charge is 0.416 e. The Bertz CT molecular complexity index is 4260. The highest BCUT2D eigenvalue weighted by Crippen LogP contribution is 2.47. The third kappa shape index (κ3) is 8.08. The molecule has 11 heteroatoms. The summed E-state index contributed by atoms with van der Waals surface area (Å²) in [5.41, 5.74) is 11.3. The quantitative estimate of drug-likeness (QED) is 0.155. The molecular weight excluding hydrogens is 974 g/mol. The Morgan fingerprint density at radius 1 is 0.295 bits per heavy atom. The number of alkyl halides is 3. The van der Waals surface area contributed by atoms with Crippen LogP contribution in [0.4, 0.5) is 13.2 Å². The molecule has 12 rings (SSSR count). The number of aromatic nitrogens is 2. The molecule has 362 valence electrons. The average molecular weight is 1010 g/mol. The van der Waals surface area contributed by atoms with Gasteiger partial charge in [-0.05, 0) is 142 Å². The number of hydrogen-bond acceptors (Lipinski definition) is 6. The molecule has 0 radical (unpaired) electrons. The van der Waals surface area contributed by atoms with Gasteiger partial charge < -0.3 is 9.13 Å². The second-order valence-corrected chi connectivity index (χ2v) is 18.7. The molecule has 0 unspecified atom stereocenters. The maximum Gasteiger partial charge on any atom is 0.416 e. The molecule has 0 fully saturated rings. The van der Waals surface area contributed by atoms with Crippen LogP contribution in [0.15, 0.2) is 200 Å². The number of nitrogens with zero attached hydrogens (tertiary/aromatic N) is 8. The number of nitriles is 6. The minimum Gasteiger partial charge on any atom is -0.308 e. The van der Waals surface area contributed by atoms with Gasteiger partial charge in [-0.3, -0.25) is 0 Å². The molecule has 10 aromatic carbocycles. The fourth-order valence-corrected chi connectivity index (χ4v) is 10.6. The molecule has 0 atom stereocenters. The van der Waals surface area contributed by atoms with E-state index in [-0.39, 0.29) is 16.7 Å². The molecule has 0 amide bonds. The molecule has 0 saturated carbocycles. The van der Waals surface area contributed by atoms with Gasteiger partial charge in [-0.15, -0.1) is 0 Å². The molecular formula is C67H33F3N8. The minimum absolute atomic E-state index is 0.169. The van der Waals surface area contributed by atoms with Gasteiger partial charge >= 0.3 is 6.18 Å². The van der Waals surface area contributed by atoms with Gasteiger partial charge in [0.2, 0.25) is 0 Å². The summed E-state index contributed by atoms with van der Waals surface area (Å²) in [7, 11) is 0. The molecule has 0 aliphatic heterocycles. The first-order valence-electron chi connectivity index (χ1n) is 24.4. The van der Waals surface area contributed by atoms with E-state index in [1.165, 1.54) is 6.07 Å². The van der Waals surface area contributed by atoms with Gasteiger partial charge in [-0.2, -0.15) is 44.7 Å². The highest BCUT2D eigenvalue weighted by Gasteiger charge is 2.33. The Hall–Kier alpha value is -11.5. The molecule has 0 aliphatic rings. The van der Waals surface area contributed by atoms with Gasteiger partial charge in [0.1, 0.15) is 0 Å². The van der Waals surface area contributed by atoms with Crippen molar-refractivity contribution in [2.45, 2.75) is 6.18 Å². The number of benzene rings is 10. The SMILES string of the molecule is N#Cc1ccc(-c2ccc3c4ccc(-c5ccc(C#N)cc5)cc4n(-c4cc(C#N)cc(-n5c6cc(-c7ccc(C#N)cc7)ccc6c6ccc(-c7ccc(C#N)cc7)cc65)c4-c4ccc(C(F)(F)F)cc4C#N)c3c2)cc1. The third-order valence-corrected chi connectivity index (χ3v) is 14.4. The molecule has 8 nitrogen and oxygen atoms in total. The Labute approximate surface area is 444 Å². The predicted octanol–water partition coefficient (Wildman–Crippen LogP) is 16.5. The number of halogens is 3. The van der Waals surface area contributed by atoms with Crippen molar-refractivity contribution in [1.29, 1.82) is 31.6 Å². The van der Waals surface area contributed by atoms with Crippen LogP contribution in [0.5, 0.6) is 0 Å². The summed E-state index contributed by atoms with van der Waals surface area (Å²) in [6.45, 7) is 0. The zero-order valence-corrected chi connectivity index (χ0v) is 40.8. The van der Waals surface area contributed by atoms with Crippen molar-refractivity contribution < 1.29 is 13.2 Å². The average Bonchev–Trinajstić information content (AvgIpc) is 4.11. The van der Waals surface area contributed by atoms with E-state index in [4.69, 9.17) is 0 Å². The summed E-state index contributed by atoms with van der Waals surface area (Å²) in [6.07, 6.45) is -4.78. The van der Waals surface area contributed by atoms with Crippen LogP contribution >= 0.6 is 0 Å². The Morgan fingerprint density at radius 2 is 0.590 bits per heavy atom. The van der Waals surface area contributed by atoms with Gasteiger partial charge in [0.25, 0.3) is 0 Å². The van der Waals surface area contributed by atoms with Gasteiger partial charge in [0.05, 0.1) is 109 Å². The topological polar surface area (TPSA) is 153 Å². The maximum absolute atomic E-state index is 14.7. The molecule has 78 heavy (non-hydrogen) atoms. The van der Waals surface area contributed by atoms with Crippen molar-refractivity contribution in [1.82, 2.24) is 9.13 Å². The lowest BCUT2D eigenvalue weighted by Gasteiger charge is -2.22. The van der Waals surface area contributed by atoms with Crippen LogP contribution in [-0.4, -0.2) is 9.13 Å². The van der Waals surface area contributed by atoms with Crippen molar-refractivity contribution in [3.8, 4) is 103 Å². The normalized spacial score (nSPS) is 11.2. The number of rotatable bonds is 7. The van der Waals surface area contributed by atoms with Crippen molar-refractivity contribution in [3.05, 3.63) is 239 Å². The number of fused-ring (bicyclic) bond motifs is 6. The van der Waals surface area contributed by atoms with Gasteiger partial charge in [-0.1, -0.05) is 103 Å². The lowest BCUT2D eigenvalue weighted by molar-refractivity contribution is -0.137. The van der Waals surface area contributed by atoms with Gasteiger partial charge in [0.15, 0.2) is 0 Å². The summed E-state index contributed by atoms with van der Waals surface area (Å²) < 4.78 is 48.1. The monoisotopic (exact) mass is 1010 g/mol. The summed E-state index contributed by atoms with van der Waals surface area (Å²) in [4.78, 5) is 0. The van der Waals surface area contributed by atoms with Crippen LogP contribution in [0.3, 0.4) is 0 Å². The Balaban J connectivity index is 1.26. The van der Waals surface area contributed by atoms with Crippen molar-refractivity contribution in [3.63, 3.8) is 0 Å². The molecule has 0 N–H and O–H groups in total. The molecule has 2 heterocycles. The lowest BCUT2D eigenvalue weighted by atomic mass is 9.93. The van der Waals surface area contributed by atoms with E-state index in [0.29, 0.717) is 61.3 Å². The van der Waals surface area contributed by atoms with E-state index in [2.05, 4.69) is 36.4 Å². The Kier molecular flexibility index (Phi) is 11.4. The van der Waals surface area contributed by atoms with Crippen LogP contribution in [0.2, 0.25) is 0 Å². The fourth-order valence-electron chi connectivity index (χ4n) is 10.6. The third-order valence-electron chi connectivity index (χ3n) is 14.4. The minimum atomic E-state index is -4.78. The van der Waals surface area contributed by atoms with Gasteiger partial charge in [0, 0.05) is 32.7 Å². The predicted molar refractivity (Wildman–Crippen MR) is 296 cm³/mol. The zero-order chi connectivity index (χ0) is 53.8. The van der Waals surface area contributed by atoms with Crippen LogP contribution in [-0.2, 0) is 6.18 Å². The molecule has 12 aromatic rings. The van der Waals surface area contributed by atoms with Crippen LogP contribution in [0.25, 0.3) is 111 Å². The molecule has 0 spiro atoms. The maximum atomic E-state index is 14.7. The van der Waals surface area contributed by atoms with E-state index in [0.717, 1.165) is 78.2 Å². The first kappa shape index (κ1) is 47.5. The van der Waals surface area contributed by atoms with Crippen LogP contribution in [0, 0.1) is 68.0 Å². The van der Waals surface area contributed by atoms with E-state index in [1.54, 1.807) is 60.7 Å². The standard InChI is InChI=1S/C67H33F3N8/c68-67(69,70)54-21-26-55(53(29-54)39-76)66-64(77-60-30-49(45-9-1-40(34-71)2-10-45)17-22-56(60)57-23-18-50(31-61(57)77)46-11-3-41(35-72)4-12-46)27-44(38-75)28-65(66)78-62-32-51(47-13-5-42(36-73)6-14-47)19-24-58(62)59-25-20-52(33-63(59)78)48-15-7-43(37-74)8-16-48/h1-33H. The first-order valence-corrected chi connectivity index (χ1v) is 24.4. The van der Waals surface area contributed by atoms with Crippen molar-refractivity contribution in [2.75, 3.05) is 0 Å². The highest BCUT2D eigenvalue weighted by molar-refractivity contribution is 6.14. The Morgan fingerprint density at radius 3 is 0.859 bits per heavy atom. The smallest absolute Gasteiger partial charge is 0.308 e. The second-order valence-electron chi connectivity index (χ2n) is 18.7. The summed E-state index contributed by atoms with van der Waals surface area (Å²) in [5.74, 6) is 0. The van der Waals surface area contributed by atoms with Crippen LogP contribution < -0.4 is 0 Å². The highest BCUT2D eigenvalue weighted by atomic mass is 19.4. The summed E-state index contributed by atoms with van der Waals surface area (Å²) in [5, 5.41) is 64.1. The van der Waals surface area contributed by atoms with E-state index >= 15 is 0 Å². The molecule has 2 aromatic heterocycles. The summed E-state index contributed by atoms with van der Waals surface area (Å²) >= 11 is 0. The zero-order valence-electron chi connectivity index (χ0n) is 40.8. The van der Waals surface area contributed by atoms with E-state index < -0.39 is 11.7 Å². The fraction of sp³-hybridized carbons (Fsp3) is 0.0149. The lowest BCUT2D eigenvalue weighted by Crippen LogP contribution is -2.08. The van der Waals surface area contributed by atoms with E-state index in [1.807, 2.05) is 130 Å². The second kappa shape index (κ2) is 18.8. The summed E-state index contributed by atoms with van der Waals surface area (Å²) in [6, 6.07) is 72.5. The molecule has 0 bridgehead atoms. The van der Waals surface area contributed by atoms with Gasteiger partial charge in [-0.25, -0.2) is 0 Å². The number of hydrogen-bond donors (Lipinski definition) is 0. The van der Waals surface area contributed by atoms with Crippen molar-refractivity contribution in [2.24, 2.45) is 0 Å². The van der Waals surface area contributed by atoms with Crippen molar-refractivity contribution >= 4 is 43.6 Å². The molecule has 0 aliphatic carbocycles. The van der Waals surface area contributed by atoms with Crippen LogP contribution in [0.1, 0.15) is 38.9 Å². The first-order chi connectivity index (χ1) is 38.0. The molecule has 0 saturated heterocycles. The van der Waals surface area contributed by atoms with E-state index in [9.17, 15) is 44.7 Å².